The van der Waals surface area contributed by atoms with Crippen LogP contribution < -0.4 is 16.0 Å². The lowest BCUT2D eigenvalue weighted by atomic mass is 9.94. The molecule has 1 aliphatic heterocycles. The first-order chi connectivity index (χ1) is 28.3. The van der Waals surface area contributed by atoms with Gasteiger partial charge in [0.2, 0.25) is 0 Å². The number of para-hydroxylation sites is 2. The van der Waals surface area contributed by atoms with Crippen LogP contribution in [-0.4, -0.2) is 10.7 Å². The maximum atomic E-state index is 6.65. The zero-order valence-corrected chi connectivity index (χ0v) is 31.8. The van der Waals surface area contributed by atoms with Crippen LogP contribution in [0.1, 0.15) is 29.9 Å². The van der Waals surface area contributed by atoms with Crippen molar-refractivity contribution in [2.24, 2.45) is 5.92 Å². The molecular weight excluding hydrogens is 717 g/mol. The Bertz CT molecular complexity index is 3190. The van der Waals surface area contributed by atoms with Crippen LogP contribution in [0.25, 0.3) is 80.7 Å². The van der Waals surface area contributed by atoms with Gasteiger partial charge < -0.3 is 8.98 Å². The van der Waals surface area contributed by atoms with E-state index in [9.17, 15) is 0 Å². The van der Waals surface area contributed by atoms with Crippen molar-refractivity contribution in [2.45, 2.75) is 24.9 Å². The first kappa shape index (κ1) is 32.9. The average Bonchev–Trinajstić information content (AvgIpc) is 3.96. The number of nitrogens with zero attached hydrogens (tertiary/aromatic N) is 1. The Morgan fingerprint density at radius 1 is 0.561 bits per heavy atom. The molecule has 5 nitrogen and oxygen atoms in total. The van der Waals surface area contributed by atoms with Crippen LogP contribution in [0.3, 0.4) is 0 Å². The summed E-state index contributed by atoms with van der Waals surface area (Å²) in [5.74, 6) is 0.351. The molecule has 0 bridgehead atoms. The molecule has 7 aromatic carbocycles. The SMILES string of the molecule is C1=CCC(C2NC(c3ccccc3)NC(c3cccc4sc5cc(-c6cccc7oc8cccc(-n9c%10ccccc%10c%10ccccc%109)c8c67)ccc5c34)N2)C=C1. The van der Waals surface area contributed by atoms with Crippen LogP contribution in [0.5, 0.6) is 0 Å². The predicted octanol–water partition coefficient (Wildman–Crippen LogP) is 12.7. The van der Waals surface area contributed by atoms with Gasteiger partial charge in [-0.1, -0.05) is 133 Å². The van der Waals surface area contributed by atoms with Gasteiger partial charge in [0.15, 0.2) is 0 Å². The smallest absolute Gasteiger partial charge is 0.137 e. The molecule has 1 fully saturated rings. The van der Waals surface area contributed by atoms with Crippen molar-refractivity contribution in [3.8, 4) is 16.8 Å². The van der Waals surface area contributed by atoms with E-state index >= 15 is 0 Å². The Balaban J connectivity index is 1.00. The highest BCUT2D eigenvalue weighted by molar-refractivity contribution is 7.25. The Kier molecular flexibility index (Phi) is 7.60. The molecule has 1 saturated heterocycles. The van der Waals surface area contributed by atoms with Crippen molar-refractivity contribution in [3.63, 3.8) is 0 Å². The van der Waals surface area contributed by atoms with Crippen molar-refractivity contribution >= 4 is 75.3 Å². The third-order valence-corrected chi connectivity index (χ3v) is 13.2. The summed E-state index contributed by atoms with van der Waals surface area (Å²) in [7, 11) is 0. The molecule has 10 aromatic rings. The van der Waals surface area contributed by atoms with Gasteiger partial charge in [-0.05, 0) is 71.1 Å². The highest BCUT2D eigenvalue weighted by atomic mass is 32.1. The van der Waals surface area contributed by atoms with E-state index < -0.39 is 0 Å². The van der Waals surface area contributed by atoms with Crippen molar-refractivity contribution < 1.29 is 4.42 Å². The molecule has 0 saturated carbocycles. The fourth-order valence-electron chi connectivity index (χ4n) is 9.50. The lowest BCUT2D eigenvalue weighted by molar-refractivity contribution is 0.171. The molecular formula is C51H38N4OS. The summed E-state index contributed by atoms with van der Waals surface area (Å²) < 4.78 is 11.6. The quantitative estimate of drug-likeness (QED) is 0.164. The first-order valence-electron chi connectivity index (χ1n) is 19.8. The first-order valence-corrected chi connectivity index (χ1v) is 20.6. The van der Waals surface area contributed by atoms with Gasteiger partial charge in [0.1, 0.15) is 11.2 Å². The van der Waals surface area contributed by atoms with Gasteiger partial charge in [-0.15, -0.1) is 11.3 Å². The number of fused-ring (bicyclic) bond motifs is 9. The molecule has 12 rings (SSSR count). The van der Waals surface area contributed by atoms with Gasteiger partial charge in [0, 0.05) is 42.2 Å². The third kappa shape index (κ3) is 5.26. The molecule has 4 atom stereocenters. The number of nitrogens with one attached hydrogen (secondary N) is 3. The highest BCUT2D eigenvalue weighted by Crippen LogP contribution is 2.45. The molecule has 4 heterocycles. The molecule has 1 aliphatic carbocycles. The number of rotatable bonds is 5. The minimum absolute atomic E-state index is 0.00574. The van der Waals surface area contributed by atoms with Gasteiger partial charge in [-0.3, -0.25) is 16.0 Å². The number of hydrogen-bond acceptors (Lipinski definition) is 5. The van der Waals surface area contributed by atoms with E-state index in [0.29, 0.717) is 5.92 Å². The number of allylic oxidation sites excluding steroid dienone is 3. The molecule has 2 aliphatic rings. The lowest BCUT2D eigenvalue weighted by Crippen LogP contribution is -2.61. The largest absolute Gasteiger partial charge is 0.456 e. The Hall–Kier alpha value is -6.28. The van der Waals surface area contributed by atoms with E-state index in [2.05, 4.69) is 196 Å². The summed E-state index contributed by atoms with van der Waals surface area (Å²) in [6.45, 7) is 0. The zero-order chi connectivity index (χ0) is 37.5. The van der Waals surface area contributed by atoms with Crippen LogP contribution in [0, 0.1) is 5.92 Å². The monoisotopic (exact) mass is 754 g/mol. The second kappa shape index (κ2) is 13.2. The molecule has 57 heavy (non-hydrogen) atoms. The van der Waals surface area contributed by atoms with Crippen molar-refractivity contribution in [2.75, 3.05) is 0 Å². The summed E-state index contributed by atoms with van der Waals surface area (Å²) in [4.78, 5) is 0. The van der Waals surface area contributed by atoms with E-state index in [0.717, 1.165) is 34.0 Å². The standard InChI is InChI=1S/C51H38N4OS/c1-3-14-31(15-4-1)49-52-50(32-16-5-2-6-17-32)54-51(53-49)38-21-12-27-44-46(38)37-29-28-33(30-45(37)57-44)34-20-11-25-42-47(34)48-41(24-13-26-43(48)56-42)55-39-22-9-7-18-35(39)36-19-8-10-23-40(36)55/h1-16,18-30,32,49-54H,17H2. The second-order valence-electron chi connectivity index (χ2n) is 15.3. The fourth-order valence-corrected chi connectivity index (χ4v) is 10.7. The lowest BCUT2D eigenvalue weighted by Gasteiger charge is -2.42. The fraction of sp³-hybridized carbons (Fsp3) is 0.0980. The van der Waals surface area contributed by atoms with E-state index in [4.69, 9.17) is 4.42 Å². The van der Waals surface area contributed by atoms with Crippen molar-refractivity contribution in [3.05, 3.63) is 187 Å². The van der Waals surface area contributed by atoms with E-state index in [1.807, 2.05) is 11.3 Å². The van der Waals surface area contributed by atoms with Gasteiger partial charge >= 0.3 is 0 Å². The molecule has 0 amide bonds. The Morgan fingerprint density at radius 2 is 1.30 bits per heavy atom. The minimum Gasteiger partial charge on any atom is -0.456 e. The Morgan fingerprint density at radius 3 is 2.11 bits per heavy atom. The number of thiophene rings is 1. The summed E-state index contributed by atoms with van der Waals surface area (Å²) in [6, 6.07) is 54.9. The van der Waals surface area contributed by atoms with Crippen molar-refractivity contribution in [1.82, 2.24) is 20.5 Å². The molecule has 3 aromatic heterocycles. The van der Waals surface area contributed by atoms with Crippen LogP contribution in [0.2, 0.25) is 0 Å². The topological polar surface area (TPSA) is 54.2 Å². The summed E-state index contributed by atoms with van der Waals surface area (Å²) >= 11 is 1.87. The van der Waals surface area contributed by atoms with Gasteiger partial charge in [-0.25, -0.2) is 0 Å². The molecule has 0 radical (unpaired) electrons. The summed E-state index contributed by atoms with van der Waals surface area (Å²) in [6.07, 6.45) is 9.98. The van der Waals surface area contributed by atoms with Gasteiger partial charge in [0.25, 0.3) is 0 Å². The Labute approximate surface area is 333 Å². The van der Waals surface area contributed by atoms with Gasteiger partial charge in [0.05, 0.1) is 40.6 Å². The highest BCUT2D eigenvalue weighted by Gasteiger charge is 2.33. The van der Waals surface area contributed by atoms with E-state index in [-0.39, 0.29) is 18.5 Å². The number of hydrogen-bond donors (Lipinski definition) is 3. The molecule has 3 N–H and O–H groups in total. The second-order valence-corrected chi connectivity index (χ2v) is 16.4. The average molecular weight is 755 g/mol. The van der Waals surface area contributed by atoms with E-state index in [1.54, 1.807) is 0 Å². The van der Waals surface area contributed by atoms with Crippen LogP contribution in [0.4, 0.5) is 0 Å². The van der Waals surface area contributed by atoms with Crippen molar-refractivity contribution in [1.29, 1.82) is 0 Å². The normalized spacial score (nSPS) is 19.9. The minimum atomic E-state index is -0.0488. The predicted molar refractivity (Wildman–Crippen MR) is 238 cm³/mol. The third-order valence-electron chi connectivity index (χ3n) is 12.1. The number of benzene rings is 7. The van der Waals surface area contributed by atoms with Crippen LogP contribution in [0.15, 0.2) is 180 Å². The zero-order valence-electron chi connectivity index (χ0n) is 31.0. The van der Waals surface area contributed by atoms with Gasteiger partial charge in [-0.2, -0.15) is 0 Å². The summed E-state index contributed by atoms with van der Waals surface area (Å²) in [5, 5.41) is 19.1. The van der Waals surface area contributed by atoms with E-state index in [1.165, 1.54) is 64.2 Å². The number of aromatic nitrogens is 1. The summed E-state index contributed by atoms with van der Waals surface area (Å²) in [5.41, 5.74) is 10.1. The molecule has 4 unspecified atom stereocenters. The van der Waals surface area contributed by atoms with Crippen LogP contribution in [-0.2, 0) is 0 Å². The van der Waals surface area contributed by atoms with Crippen LogP contribution >= 0.6 is 11.3 Å². The number of furan rings is 1. The molecule has 6 heteroatoms. The molecule has 274 valence electrons. The molecule has 0 spiro atoms. The maximum absolute atomic E-state index is 6.65. The maximum Gasteiger partial charge on any atom is 0.137 e.